The van der Waals surface area contributed by atoms with Crippen molar-refractivity contribution in [2.45, 2.75) is 33.6 Å². The quantitative estimate of drug-likeness (QED) is 0.781. The van der Waals surface area contributed by atoms with E-state index < -0.39 is 0 Å². The second-order valence-corrected chi connectivity index (χ2v) is 5.27. The van der Waals surface area contributed by atoms with Crippen molar-refractivity contribution < 1.29 is 0 Å². The molecule has 0 unspecified atom stereocenters. The molecule has 2 N–H and O–H groups in total. The summed E-state index contributed by atoms with van der Waals surface area (Å²) in [5, 5.41) is 8.99. The summed E-state index contributed by atoms with van der Waals surface area (Å²) in [6.45, 7) is 8.04. The zero-order valence-electron chi connectivity index (χ0n) is 11.6. The Labute approximate surface area is 110 Å². The molecule has 0 spiro atoms. The Morgan fingerprint density at radius 1 is 1.39 bits per heavy atom. The number of nitrogens with zero attached hydrogens (tertiary/aromatic N) is 2. The summed E-state index contributed by atoms with van der Waals surface area (Å²) >= 11 is 0. The smallest absolute Gasteiger partial charge is 0.0683 e. The van der Waals surface area contributed by atoms with Crippen LogP contribution in [0.25, 0.3) is 0 Å². The van der Waals surface area contributed by atoms with Crippen LogP contribution in [-0.4, -0.2) is 13.1 Å². The fourth-order valence-electron chi connectivity index (χ4n) is 1.96. The molecule has 0 saturated carbocycles. The van der Waals surface area contributed by atoms with Gasteiger partial charge in [-0.2, -0.15) is 5.26 Å². The minimum Gasteiger partial charge on any atom is -0.399 e. The Hall–Kier alpha value is -1.69. The predicted molar refractivity (Wildman–Crippen MR) is 77.4 cm³/mol. The van der Waals surface area contributed by atoms with Gasteiger partial charge in [0.1, 0.15) is 0 Å². The van der Waals surface area contributed by atoms with Gasteiger partial charge in [-0.15, -0.1) is 0 Å². The third kappa shape index (κ3) is 4.29. The van der Waals surface area contributed by atoms with E-state index in [0.717, 1.165) is 37.3 Å². The van der Waals surface area contributed by atoms with Gasteiger partial charge in [-0.3, -0.25) is 0 Å². The Kier molecular flexibility index (Phi) is 5.03. The number of hydrogen-bond donors (Lipinski definition) is 1. The highest BCUT2D eigenvalue weighted by Gasteiger charge is 2.16. The van der Waals surface area contributed by atoms with Crippen LogP contribution in [0.15, 0.2) is 24.3 Å². The van der Waals surface area contributed by atoms with Crippen LogP contribution in [0.2, 0.25) is 0 Å². The molecule has 18 heavy (non-hydrogen) atoms. The Bertz CT molecular complexity index is 418. The van der Waals surface area contributed by atoms with Crippen LogP contribution in [0.1, 0.15) is 33.6 Å². The van der Waals surface area contributed by atoms with Crippen molar-refractivity contribution in [1.29, 1.82) is 5.26 Å². The maximum absolute atomic E-state index is 8.99. The normalized spacial score (nSPS) is 11.0. The van der Waals surface area contributed by atoms with Crippen LogP contribution < -0.4 is 10.6 Å². The first-order chi connectivity index (χ1) is 8.48. The van der Waals surface area contributed by atoms with Crippen LogP contribution in [0.5, 0.6) is 0 Å². The molecule has 1 rings (SSSR count). The summed E-state index contributed by atoms with van der Waals surface area (Å²) < 4.78 is 0. The molecule has 0 saturated heterocycles. The molecule has 0 aliphatic heterocycles. The molecule has 1 aromatic rings. The highest BCUT2D eigenvalue weighted by atomic mass is 15.1. The van der Waals surface area contributed by atoms with Crippen molar-refractivity contribution in [2.75, 3.05) is 23.7 Å². The molecule has 0 radical (unpaired) electrons. The predicted octanol–water partition coefficient (Wildman–Crippen LogP) is 3.43. The summed E-state index contributed by atoms with van der Waals surface area (Å²) in [7, 11) is 0. The molecule has 0 aromatic heterocycles. The molecule has 0 amide bonds. The van der Waals surface area contributed by atoms with Gasteiger partial charge in [0, 0.05) is 24.5 Å². The number of hydrogen-bond acceptors (Lipinski definition) is 3. The first kappa shape index (κ1) is 14.4. The van der Waals surface area contributed by atoms with Crippen molar-refractivity contribution in [3.8, 4) is 6.07 Å². The van der Waals surface area contributed by atoms with Gasteiger partial charge in [0.05, 0.1) is 11.5 Å². The maximum atomic E-state index is 8.99. The number of benzene rings is 1. The number of anilines is 2. The SMILES string of the molecule is CCN(CCCC(C)(C)C#N)c1cccc(N)c1. The standard InChI is InChI=1S/C15H23N3/c1-4-18(10-6-9-15(2,3)12-16)14-8-5-7-13(17)11-14/h5,7-8,11H,4,6,9-10,17H2,1-3H3. The molecule has 0 bridgehead atoms. The van der Waals surface area contributed by atoms with Gasteiger partial charge in [0.25, 0.3) is 0 Å². The zero-order valence-corrected chi connectivity index (χ0v) is 11.6. The number of nitrogens with two attached hydrogens (primary N) is 1. The minimum atomic E-state index is -0.227. The highest BCUT2D eigenvalue weighted by molar-refractivity contribution is 5.55. The van der Waals surface area contributed by atoms with E-state index in [-0.39, 0.29) is 5.41 Å². The van der Waals surface area contributed by atoms with Gasteiger partial charge in [-0.25, -0.2) is 0 Å². The lowest BCUT2D eigenvalue weighted by Crippen LogP contribution is -2.25. The highest BCUT2D eigenvalue weighted by Crippen LogP contribution is 2.23. The monoisotopic (exact) mass is 245 g/mol. The first-order valence-corrected chi connectivity index (χ1v) is 6.50. The van der Waals surface area contributed by atoms with E-state index in [4.69, 9.17) is 11.0 Å². The average molecular weight is 245 g/mol. The molecule has 3 nitrogen and oxygen atoms in total. The molecular weight excluding hydrogens is 222 g/mol. The van der Waals surface area contributed by atoms with E-state index in [0.29, 0.717) is 0 Å². The van der Waals surface area contributed by atoms with Crippen LogP contribution in [0, 0.1) is 16.7 Å². The molecule has 3 heteroatoms. The third-order valence-electron chi connectivity index (χ3n) is 3.15. The number of rotatable bonds is 6. The Morgan fingerprint density at radius 2 is 2.11 bits per heavy atom. The van der Waals surface area contributed by atoms with Gasteiger partial charge >= 0.3 is 0 Å². The minimum absolute atomic E-state index is 0.227. The van der Waals surface area contributed by atoms with Crippen LogP contribution >= 0.6 is 0 Å². The Morgan fingerprint density at radius 3 is 2.67 bits per heavy atom. The summed E-state index contributed by atoms with van der Waals surface area (Å²) in [6.07, 6.45) is 1.94. The van der Waals surface area contributed by atoms with Gasteiger partial charge in [0.2, 0.25) is 0 Å². The maximum Gasteiger partial charge on any atom is 0.0683 e. The first-order valence-electron chi connectivity index (χ1n) is 6.50. The molecule has 0 atom stereocenters. The van der Waals surface area contributed by atoms with Crippen LogP contribution in [0.3, 0.4) is 0 Å². The number of nitrogen functional groups attached to an aromatic ring is 1. The topological polar surface area (TPSA) is 53.0 Å². The van der Waals surface area contributed by atoms with Gasteiger partial charge < -0.3 is 10.6 Å². The second-order valence-electron chi connectivity index (χ2n) is 5.27. The molecule has 0 aliphatic carbocycles. The molecule has 0 fully saturated rings. The van der Waals surface area contributed by atoms with E-state index in [1.807, 2.05) is 32.0 Å². The summed E-state index contributed by atoms with van der Waals surface area (Å²) in [5.41, 5.74) is 7.53. The van der Waals surface area contributed by atoms with E-state index in [9.17, 15) is 0 Å². The summed E-state index contributed by atoms with van der Waals surface area (Å²) in [6, 6.07) is 10.3. The van der Waals surface area contributed by atoms with Crippen LogP contribution in [0.4, 0.5) is 11.4 Å². The molecular formula is C15H23N3. The van der Waals surface area contributed by atoms with Crippen molar-refractivity contribution in [3.63, 3.8) is 0 Å². The number of nitriles is 1. The van der Waals surface area contributed by atoms with Gasteiger partial charge in [-0.1, -0.05) is 6.07 Å². The van der Waals surface area contributed by atoms with Crippen molar-refractivity contribution in [1.82, 2.24) is 0 Å². The fourth-order valence-corrected chi connectivity index (χ4v) is 1.96. The summed E-state index contributed by atoms with van der Waals surface area (Å²) in [4.78, 5) is 2.30. The second kappa shape index (κ2) is 6.30. The largest absolute Gasteiger partial charge is 0.399 e. The average Bonchev–Trinajstić information content (AvgIpc) is 2.34. The molecule has 1 aromatic carbocycles. The fraction of sp³-hybridized carbons (Fsp3) is 0.533. The van der Waals surface area contributed by atoms with E-state index in [2.05, 4.69) is 24.0 Å². The zero-order chi connectivity index (χ0) is 13.6. The molecule has 0 heterocycles. The van der Waals surface area contributed by atoms with E-state index in [1.54, 1.807) is 0 Å². The van der Waals surface area contributed by atoms with Crippen molar-refractivity contribution in [3.05, 3.63) is 24.3 Å². The van der Waals surface area contributed by atoms with Crippen molar-refractivity contribution in [2.24, 2.45) is 5.41 Å². The van der Waals surface area contributed by atoms with Gasteiger partial charge in [0.15, 0.2) is 0 Å². The van der Waals surface area contributed by atoms with E-state index >= 15 is 0 Å². The molecule has 98 valence electrons. The summed E-state index contributed by atoms with van der Waals surface area (Å²) in [5.74, 6) is 0. The Balaban J connectivity index is 2.56. The third-order valence-corrected chi connectivity index (χ3v) is 3.15. The lowest BCUT2D eigenvalue weighted by atomic mass is 9.90. The molecule has 0 aliphatic rings. The van der Waals surface area contributed by atoms with Crippen LogP contribution in [-0.2, 0) is 0 Å². The van der Waals surface area contributed by atoms with Gasteiger partial charge in [-0.05, 0) is 51.8 Å². The lowest BCUT2D eigenvalue weighted by Gasteiger charge is -2.25. The van der Waals surface area contributed by atoms with Crippen molar-refractivity contribution >= 4 is 11.4 Å². The lowest BCUT2D eigenvalue weighted by molar-refractivity contribution is 0.435. The van der Waals surface area contributed by atoms with E-state index in [1.165, 1.54) is 0 Å².